The Morgan fingerprint density at radius 1 is 1.04 bits per heavy atom. The molecule has 3 rings (SSSR count). The van der Waals surface area contributed by atoms with Crippen LogP contribution in [0.15, 0.2) is 70.2 Å². The molecule has 0 radical (unpaired) electrons. The molecule has 5 nitrogen and oxygen atoms in total. The topological polar surface area (TPSA) is 66.6 Å². The number of amides is 1. The van der Waals surface area contributed by atoms with E-state index in [-0.39, 0.29) is 12.5 Å². The van der Waals surface area contributed by atoms with Gasteiger partial charge >= 0.3 is 0 Å². The summed E-state index contributed by atoms with van der Waals surface area (Å²) in [5.41, 5.74) is 3.98. The molecule has 2 N–H and O–H groups in total. The summed E-state index contributed by atoms with van der Waals surface area (Å²) in [6.07, 6.45) is 1.42. The van der Waals surface area contributed by atoms with Crippen LogP contribution in [0.5, 0.6) is 0 Å². The first-order valence-corrected chi connectivity index (χ1v) is 8.54. The smallest absolute Gasteiger partial charge is 0.259 e. The van der Waals surface area contributed by atoms with E-state index in [1.54, 1.807) is 24.3 Å². The summed E-state index contributed by atoms with van der Waals surface area (Å²) in [5, 5.41) is 7.75. The average Bonchev–Trinajstić information content (AvgIpc) is 3.12. The maximum absolute atomic E-state index is 11.8. The largest absolute Gasteiger partial charge is 0.455 e. The van der Waals surface area contributed by atoms with Gasteiger partial charge in [-0.3, -0.25) is 4.79 Å². The van der Waals surface area contributed by atoms with Crippen molar-refractivity contribution in [1.82, 2.24) is 5.43 Å². The number of para-hydroxylation sites is 1. The number of nitrogens with zero attached hydrogens (tertiary/aromatic N) is 1. The van der Waals surface area contributed by atoms with Crippen LogP contribution in [-0.2, 0) is 4.79 Å². The number of hydrogen-bond donors (Lipinski definition) is 2. The molecule has 0 unspecified atom stereocenters. The second-order valence-electron chi connectivity index (χ2n) is 5.32. The van der Waals surface area contributed by atoms with Crippen LogP contribution in [-0.4, -0.2) is 18.7 Å². The van der Waals surface area contributed by atoms with Gasteiger partial charge in [-0.05, 0) is 36.4 Å². The number of hydrazone groups is 1. The van der Waals surface area contributed by atoms with Crippen LogP contribution in [0.25, 0.3) is 11.3 Å². The van der Waals surface area contributed by atoms with Crippen molar-refractivity contribution in [3.8, 4) is 11.3 Å². The van der Waals surface area contributed by atoms with Gasteiger partial charge in [0.05, 0.1) is 22.8 Å². The monoisotopic (exact) mass is 387 g/mol. The molecule has 0 aliphatic heterocycles. The molecule has 0 bridgehead atoms. The lowest BCUT2D eigenvalue weighted by atomic mass is 10.2. The lowest BCUT2D eigenvalue weighted by molar-refractivity contribution is -0.119. The number of carbonyl (C=O) groups excluding carboxylic acids is 1. The first kappa shape index (κ1) is 18.0. The van der Waals surface area contributed by atoms with Gasteiger partial charge in [-0.2, -0.15) is 5.10 Å². The summed E-state index contributed by atoms with van der Waals surface area (Å²) in [6, 6.07) is 18.2. The van der Waals surface area contributed by atoms with Gasteiger partial charge in [0.1, 0.15) is 11.5 Å². The molecule has 0 saturated carbocycles. The molecule has 0 fully saturated rings. The molecule has 0 aliphatic rings. The molecule has 1 heterocycles. The Kier molecular flexibility index (Phi) is 5.94. The Morgan fingerprint density at radius 2 is 1.85 bits per heavy atom. The molecule has 7 heteroatoms. The average molecular weight is 388 g/mol. The van der Waals surface area contributed by atoms with E-state index < -0.39 is 0 Å². The highest BCUT2D eigenvalue weighted by atomic mass is 35.5. The number of nitrogens with one attached hydrogen (secondary N) is 2. The first-order valence-electron chi connectivity index (χ1n) is 7.78. The summed E-state index contributed by atoms with van der Waals surface area (Å²) >= 11 is 12.2. The molecule has 2 aromatic carbocycles. The Hall–Kier alpha value is -2.76. The van der Waals surface area contributed by atoms with Crippen molar-refractivity contribution in [3.63, 3.8) is 0 Å². The van der Waals surface area contributed by atoms with E-state index in [1.807, 2.05) is 36.4 Å². The Balaban J connectivity index is 1.55. The standard InChI is InChI=1S/C19H15Cl2N3O2/c20-16-8-4-7-15(19(16)21)17-10-9-14(26-17)11-23-24-18(25)12-22-13-5-2-1-3-6-13/h1-11,22H,12H2,(H,24,25)/b23-11+. The molecular weight excluding hydrogens is 373 g/mol. The van der Waals surface area contributed by atoms with Gasteiger partial charge in [0.15, 0.2) is 0 Å². The summed E-state index contributed by atoms with van der Waals surface area (Å²) < 4.78 is 5.66. The molecule has 0 spiro atoms. The number of rotatable bonds is 6. The molecule has 1 amide bonds. The van der Waals surface area contributed by atoms with Gasteiger partial charge in [-0.1, -0.05) is 47.5 Å². The van der Waals surface area contributed by atoms with Gasteiger partial charge in [-0.15, -0.1) is 0 Å². The fourth-order valence-electron chi connectivity index (χ4n) is 2.21. The van der Waals surface area contributed by atoms with Crippen molar-refractivity contribution in [2.24, 2.45) is 5.10 Å². The first-order chi connectivity index (χ1) is 12.6. The van der Waals surface area contributed by atoms with Crippen molar-refractivity contribution in [3.05, 3.63) is 76.5 Å². The van der Waals surface area contributed by atoms with Gasteiger partial charge in [0, 0.05) is 11.3 Å². The van der Waals surface area contributed by atoms with Crippen molar-refractivity contribution < 1.29 is 9.21 Å². The molecule has 0 saturated heterocycles. The zero-order valence-corrected chi connectivity index (χ0v) is 15.1. The van der Waals surface area contributed by atoms with Crippen molar-refractivity contribution in [2.75, 3.05) is 11.9 Å². The zero-order chi connectivity index (χ0) is 18.4. The summed E-state index contributed by atoms with van der Waals surface area (Å²) in [4.78, 5) is 11.8. The molecule has 132 valence electrons. The van der Waals surface area contributed by atoms with Crippen LogP contribution in [0.4, 0.5) is 5.69 Å². The zero-order valence-electron chi connectivity index (χ0n) is 13.6. The SMILES string of the molecule is O=C(CNc1ccccc1)N/N=C/c1ccc(-c2cccc(Cl)c2Cl)o1. The summed E-state index contributed by atoms with van der Waals surface area (Å²) in [6.45, 7) is 0.114. The minimum atomic E-state index is -0.269. The van der Waals surface area contributed by atoms with Gasteiger partial charge in [0.2, 0.25) is 0 Å². The molecule has 26 heavy (non-hydrogen) atoms. The fourth-order valence-corrected chi connectivity index (χ4v) is 2.60. The molecular formula is C19H15Cl2N3O2. The second-order valence-corrected chi connectivity index (χ2v) is 6.10. The number of hydrogen-bond acceptors (Lipinski definition) is 4. The highest BCUT2D eigenvalue weighted by Gasteiger charge is 2.10. The minimum absolute atomic E-state index is 0.114. The third-order valence-corrected chi connectivity index (χ3v) is 4.27. The molecule has 0 atom stereocenters. The number of furan rings is 1. The van der Waals surface area contributed by atoms with Crippen molar-refractivity contribution in [2.45, 2.75) is 0 Å². The van der Waals surface area contributed by atoms with Crippen LogP contribution >= 0.6 is 23.2 Å². The normalized spacial score (nSPS) is 10.8. The van der Waals surface area contributed by atoms with E-state index >= 15 is 0 Å². The minimum Gasteiger partial charge on any atom is -0.455 e. The van der Waals surface area contributed by atoms with E-state index in [9.17, 15) is 4.79 Å². The van der Waals surface area contributed by atoms with E-state index in [1.165, 1.54) is 6.21 Å². The predicted molar refractivity (Wildman–Crippen MR) is 105 cm³/mol. The van der Waals surface area contributed by atoms with Crippen LogP contribution < -0.4 is 10.7 Å². The van der Waals surface area contributed by atoms with E-state index in [0.29, 0.717) is 27.1 Å². The van der Waals surface area contributed by atoms with Crippen LogP contribution in [0.1, 0.15) is 5.76 Å². The second kappa shape index (κ2) is 8.56. The summed E-state index contributed by atoms with van der Waals surface area (Å²) in [5.74, 6) is 0.776. The van der Waals surface area contributed by atoms with E-state index in [0.717, 1.165) is 5.69 Å². The van der Waals surface area contributed by atoms with Crippen LogP contribution in [0.3, 0.4) is 0 Å². The van der Waals surface area contributed by atoms with Crippen molar-refractivity contribution in [1.29, 1.82) is 0 Å². The highest BCUT2D eigenvalue weighted by Crippen LogP contribution is 2.34. The van der Waals surface area contributed by atoms with Gasteiger partial charge < -0.3 is 9.73 Å². The quantitative estimate of drug-likeness (QED) is 0.470. The van der Waals surface area contributed by atoms with Gasteiger partial charge in [-0.25, -0.2) is 5.43 Å². The molecule has 3 aromatic rings. The van der Waals surface area contributed by atoms with Crippen molar-refractivity contribution >= 4 is 41.0 Å². The molecule has 0 aliphatic carbocycles. The number of benzene rings is 2. The number of anilines is 1. The number of halogens is 2. The van der Waals surface area contributed by atoms with Gasteiger partial charge in [0.25, 0.3) is 5.91 Å². The maximum atomic E-state index is 11.8. The third-order valence-electron chi connectivity index (χ3n) is 3.45. The fraction of sp³-hybridized carbons (Fsp3) is 0.0526. The predicted octanol–water partition coefficient (Wildman–Crippen LogP) is 4.82. The van der Waals surface area contributed by atoms with E-state index in [4.69, 9.17) is 27.6 Å². The van der Waals surface area contributed by atoms with E-state index in [2.05, 4.69) is 15.8 Å². The highest BCUT2D eigenvalue weighted by molar-refractivity contribution is 6.43. The Morgan fingerprint density at radius 3 is 2.65 bits per heavy atom. The Labute approximate surface area is 160 Å². The lowest BCUT2D eigenvalue weighted by Gasteiger charge is -2.04. The van der Waals surface area contributed by atoms with Crippen LogP contribution in [0.2, 0.25) is 10.0 Å². The lowest BCUT2D eigenvalue weighted by Crippen LogP contribution is -2.25. The maximum Gasteiger partial charge on any atom is 0.259 e. The number of carbonyl (C=O) groups is 1. The Bertz CT molecular complexity index is 924. The summed E-state index contributed by atoms with van der Waals surface area (Å²) in [7, 11) is 0. The van der Waals surface area contributed by atoms with Crippen LogP contribution in [0, 0.1) is 0 Å². The third kappa shape index (κ3) is 4.65. The molecule has 1 aromatic heterocycles.